The normalized spacial score (nSPS) is 10.5. The molecule has 17 heavy (non-hydrogen) atoms. The molecule has 0 saturated heterocycles. The molecule has 0 atom stereocenters. The van der Waals surface area contributed by atoms with Crippen molar-refractivity contribution in [2.75, 3.05) is 0 Å². The van der Waals surface area contributed by atoms with Gasteiger partial charge < -0.3 is 5.73 Å². The standard InChI is InChI=1S/C12H12ClN3S/c1-8-6-15-12(16-7-8)17-11-3-2-9(5-14)4-10(11)13/h2-4,6-7H,5,14H2,1H3. The van der Waals surface area contributed by atoms with Crippen LogP contribution in [-0.4, -0.2) is 9.97 Å². The van der Waals surface area contributed by atoms with Crippen LogP contribution in [0.15, 0.2) is 40.6 Å². The Balaban J connectivity index is 2.21. The second kappa shape index (κ2) is 5.49. The van der Waals surface area contributed by atoms with Gasteiger partial charge in [0.15, 0.2) is 5.16 Å². The molecule has 5 heteroatoms. The first-order valence-corrected chi connectivity index (χ1v) is 6.33. The molecule has 0 saturated carbocycles. The summed E-state index contributed by atoms with van der Waals surface area (Å²) in [6.07, 6.45) is 3.58. The molecule has 1 heterocycles. The monoisotopic (exact) mass is 265 g/mol. The summed E-state index contributed by atoms with van der Waals surface area (Å²) >= 11 is 7.60. The number of halogens is 1. The maximum absolute atomic E-state index is 6.16. The van der Waals surface area contributed by atoms with Crippen LogP contribution < -0.4 is 5.73 Å². The molecule has 0 unspecified atom stereocenters. The van der Waals surface area contributed by atoms with E-state index in [9.17, 15) is 0 Å². The molecular formula is C12H12ClN3S. The number of benzene rings is 1. The van der Waals surface area contributed by atoms with E-state index in [0.29, 0.717) is 16.7 Å². The molecule has 1 aromatic carbocycles. The maximum Gasteiger partial charge on any atom is 0.192 e. The lowest BCUT2D eigenvalue weighted by atomic mass is 10.2. The first-order valence-electron chi connectivity index (χ1n) is 5.14. The number of rotatable bonds is 3. The van der Waals surface area contributed by atoms with E-state index in [2.05, 4.69) is 9.97 Å². The third kappa shape index (κ3) is 3.19. The molecule has 0 aliphatic rings. The van der Waals surface area contributed by atoms with E-state index in [0.717, 1.165) is 16.0 Å². The van der Waals surface area contributed by atoms with E-state index in [1.807, 2.05) is 25.1 Å². The van der Waals surface area contributed by atoms with Gasteiger partial charge in [0.25, 0.3) is 0 Å². The van der Waals surface area contributed by atoms with Crippen molar-refractivity contribution < 1.29 is 0 Å². The van der Waals surface area contributed by atoms with Gasteiger partial charge in [0.1, 0.15) is 0 Å². The van der Waals surface area contributed by atoms with Gasteiger partial charge in [0, 0.05) is 23.8 Å². The molecule has 0 amide bonds. The number of hydrogen-bond acceptors (Lipinski definition) is 4. The summed E-state index contributed by atoms with van der Waals surface area (Å²) in [6.45, 7) is 2.45. The Bertz CT molecular complexity index is 514. The van der Waals surface area contributed by atoms with Crippen molar-refractivity contribution in [3.05, 3.63) is 46.7 Å². The largest absolute Gasteiger partial charge is 0.326 e. The molecule has 2 rings (SSSR count). The van der Waals surface area contributed by atoms with Crippen LogP contribution >= 0.6 is 23.4 Å². The Labute approximate surface area is 109 Å². The summed E-state index contributed by atoms with van der Waals surface area (Å²) in [5.74, 6) is 0. The summed E-state index contributed by atoms with van der Waals surface area (Å²) in [5.41, 5.74) is 7.61. The number of nitrogens with zero attached hydrogens (tertiary/aromatic N) is 2. The second-order valence-corrected chi connectivity index (χ2v) is 5.03. The molecule has 2 N–H and O–H groups in total. The van der Waals surface area contributed by atoms with Crippen LogP contribution in [0.3, 0.4) is 0 Å². The van der Waals surface area contributed by atoms with Gasteiger partial charge >= 0.3 is 0 Å². The van der Waals surface area contributed by atoms with Gasteiger partial charge in [0.05, 0.1) is 5.02 Å². The third-order valence-corrected chi connectivity index (χ3v) is 3.58. The van der Waals surface area contributed by atoms with Gasteiger partial charge in [-0.2, -0.15) is 0 Å². The number of hydrogen-bond donors (Lipinski definition) is 1. The average molecular weight is 266 g/mol. The van der Waals surface area contributed by atoms with E-state index in [-0.39, 0.29) is 0 Å². The zero-order valence-corrected chi connectivity index (χ0v) is 10.9. The summed E-state index contributed by atoms with van der Waals surface area (Å²) in [5, 5.41) is 1.38. The Morgan fingerprint density at radius 2 is 2.00 bits per heavy atom. The molecule has 88 valence electrons. The molecule has 2 aromatic rings. The summed E-state index contributed by atoms with van der Waals surface area (Å²) < 4.78 is 0. The van der Waals surface area contributed by atoms with Crippen molar-refractivity contribution in [3.63, 3.8) is 0 Å². The van der Waals surface area contributed by atoms with Crippen LogP contribution in [0.1, 0.15) is 11.1 Å². The van der Waals surface area contributed by atoms with Crippen LogP contribution in [-0.2, 0) is 6.54 Å². The smallest absolute Gasteiger partial charge is 0.192 e. The van der Waals surface area contributed by atoms with E-state index >= 15 is 0 Å². The van der Waals surface area contributed by atoms with E-state index < -0.39 is 0 Å². The molecular weight excluding hydrogens is 254 g/mol. The third-order valence-electron chi connectivity index (χ3n) is 2.19. The summed E-state index contributed by atoms with van der Waals surface area (Å²) in [6, 6.07) is 5.78. The lowest BCUT2D eigenvalue weighted by Crippen LogP contribution is -1.95. The van der Waals surface area contributed by atoms with Gasteiger partial charge in [-0.05, 0) is 41.9 Å². The van der Waals surface area contributed by atoms with Crippen molar-refractivity contribution in [2.45, 2.75) is 23.5 Å². The fourth-order valence-electron chi connectivity index (χ4n) is 1.29. The highest BCUT2D eigenvalue weighted by Gasteiger charge is 2.05. The Hall–Kier alpha value is -1.10. The van der Waals surface area contributed by atoms with E-state index in [1.165, 1.54) is 11.8 Å². The van der Waals surface area contributed by atoms with Crippen molar-refractivity contribution in [1.29, 1.82) is 0 Å². The van der Waals surface area contributed by atoms with E-state index in [4.69, 9.17) is 17.3 Å². The quantitative estimate of drug-likeness (QED) is 0.867. The van der Waals surface area contributed by atoms with Crippen molar-refractivity contribution in [2.24, 2.45) is 5.73 Å². The predicted molar refractivity (Wildman–Crippen MR) is 70.2 cm³/mol. The molecule has 0 spiro atoms. The average Bonchev–Trinajstić information content (AvgIpc) is 2.34. The minimum atomic E-state index is 0.492. The maximum atomic E-state index is 6.16. The molecule has 0 fully saturated rings. The van der Waals surface area contributed by atoms with Gasteiger partial charge in [-0.3, -0.25) is 0 Å². The lowest BCUT2D eigenvalue weighted by molar-refractivity contribution is 0.950. The highest BCUT2D eigenvalue weighted by molar-refractivity contribution is 7.99. The van der Waals surface area contributed by atoms with Crippen LogP contribution in [0.2, 0.25) is 5.02 Å². The molecule has 0 bridgehead atoms. The highest BCUT2D eigenvalue weighted by atomic mass is 35.5. The number of nitrogens with two attached hydrogens (primary N) is 1. The van der Waals surface area contributed by atoms with Gasteiger partial charge in [-0.1, -0.05) is 17.7 Å². The Kier molecular flexibility index (Phi) is 3.99. The van der Waals surface area contributed by atoms with Crippen LogP contribution in [0, 0.1) is 6.92 Å². The fraction of sp³-hybridized carbons (Fsp3) is 0.167. The molecule has 0 aliphatic heterocycles. The first kappa shape index (κ1) is 12.4. The van der Waals surface area contributed by atoms with Crippen molar-refractivity contribution >= 4 is 23.4 Å². The van der Waals surface area contributed by atoms with Crippen LogP contribution in [0.4, 0.5) is 0 Å². The fourth-order valence-corrected chi connectivity index (χ4v) is 2.30. The molecule has 0 radical (unpaired) electrons. The van der Waals surface area contributed by atoms with Crippen LogP contribution in [0.5, 0.6) is 0 Å². The molecule has 0 aliphatic carbocycles. The van der Waals surface area contributed by atoms with Crippen molar-refractivity contribution in [3.8, 4) is 0 Å². The van der Waals surface area contributed by atoms with Gasteiger partial charge in [-0.15, -0.1) is 0 Å². The molecule has 3 nitrogen and oxygen atoms in total. The van der Waals surface area contributed by atoms with Crippen LogP contribution in [0.25, 0.3) is 0 Å². The highest BCUT2D eigenvalue weighted by Crippen LogP contribution is 2.31. The van der Waals surface area contributed by atoms with E-state index in [1.54, 1.807) is 12.4 Å². The SMILES string of the molecule is Cc1cnc(Sc2ccc(CN)cc2Cl)nc1. The zero-order valence-electron chi connectivity index (χ0n) is 9.35. The summed E-state index contributed by atoms with van der Waals surface area (Å²) in [4.78, 5) is 9.39. The number of aryl methyl sites for hydroxylation is 1. The summed E-state index contributed by atoms with van der Waals surface area (Å²) in [7, 11) is 0. The molecule has 1 aromatic heterocycles. The second-order valence-electron chi connectivity index (χ2n) is 3.61. The van der Waals surface area contributed by atoms with Gasteiger partial charge in [0.2, 0.25) is 0 Å². The minimum Gasteiger partial charge on any atom is -0.326 e. The number of aromatic nitrogens is 2. The lowest BCUT2D eigenvalue weighted by Gasteiger charge is -2.04. The predicted octanol–water partition coefficient (Wildman–Crippen LogP) is 3.05. The first-order chi connectivity index (χ1) is 8.19. The van der Waals surface area contributed by atoms with Gasteiger partial charge in [-0.25, -0.2) is 9.97 Å². The topological polar surface area (TPSA) is 51.8 Å². The van der Waals surface area contributed by atoms with Crippen molar-refractivity contribution in [1.82, 2.24) is 9.97 Å². The zero-order chi connectivity index (χ0) is 12.3. The Morgan fingerprint density at radius 1 is 1.29 bits per heavy atom. The minimum absolute atomic E-state index is 0.492. The Morgan fingerprint density at radius 3 is 2.59 bits per heavy atom.